The molecule has 0 saturated heterocycles. The number of nitrogens with one attached hydrogen (secondary N) is 1. The molecule has 2 amide bonds. The standard InChI is InChI=1S/C18H20N2O4/c1-4-11-9-15(23-2)16(24-3)10-13(11)18(22)20-14-8-6-5-7-12(14)17(19)21/h5-10H,4H2,1-3H3,(H2,19,21)(H,20,22). The van der Waals surface area contributed by atoms with E-state index in [1.807, 2.05) is 6.92 Å². The summed E-state index contributed by atoms with van der Waals surface area (Å²) in [7, 11) is 3.05. The molecular weight excluding hydrogens is 308 g/mol. The van der Waals surface area contributed by atoms with Crippen molar-refractivity contribution in [1.29, 1.82) is 0 Å². The SMILES string of the molecule is CCc1cc(OC)c(OC)cc1C(=O)Nc1ccccc1C(N)=O. The second-order valence-electron chi connectivity index (χ2n) is 5.08. The van der Waals surface area contributed by atoms with Crippen LogP contribution in [-0.2, 0) is 6.42 Å². The quantitative estimate of drug-likeness (QED) is 0.853. The molecule has 24 heavy (non-hydrogen) atoms. The maximum absolute atomic E-state index is 12.7. The monoisotopic (exact) mass is 328 g/mol. The molecule has 6 nitrogen and oxygen atoms in total. The molecule has 126 valence electrons. The Morgan fingerprint density at radius 2 is 1.67 bits per heavy atom. The molecule has 0 bridgehead atoms. The van der Waals surface area contributed by atoms with Crippen LogP contribution in [0.4, 0.5) is 5.69 Å². The van der Waals surface area contributed by atoms with Crippen molar-refractivity contribution in [3.05, 3.63) is 53.1 Å². The van der Waals surface area contributed by atoms with Gasteiger partial charge in [-0.2, -0.15) is 0 Å². The highest BCUT2D eigenvalue weighted by Gasteiger charge is 2.18. The summed E-state index contributed by atoms with van der Waals surface area (Å²) in [6.07, 6.45) is 0.639. The van der Waals surface area contributed by atoms with E-state index >= 15 is 0 Å². The van der Waals surface area contributed by atoms with Crippen LogP contribution in [0.5, 0.6) is 11.5 Å². The van der Waals surface area contributed by atoms with Crippen LogP contribution in [0.2, 0.25) is 0 Å². The van der Waals surface area contributed by atoms with E-state index < -0.39 is 5.91 Å². The number of hydrogen-bond acceptors (Lipinski definition) is 4. The number of benzene rings is 2. The molecule has 0 atom stereocenters. The van der Waals surface area contributed by atoms with Crippen molar-refractivity contribution in [1.82, 2.24) is 0 Å². The lowest BCUT2D eigenvalue weighted by atomic mass is 10.0. The van der Waals surface area contributed by atoms with Gasteiger partial charge >= 0.3 is 0 Å². The van der Waals surface area contributed by atoms with Crippen LogP contribution >= 0.6 is 0 Å². The van der Waals surface area contributed by atoms with E-state index in [0.717, 1.165) is 5.56 Å². The predicted molar refractivity (Wildman–Crippen MR) is 91.8 cm³/mol. The third-order valence-corrected chi connectivity index (χ3v) is 3.68. The molecule has 0 fully saturated rings. The molecule has 0 unspecified atom stereocenters. The smallest absolute Gasteiger partial charge is 0.256 e. The Hall–Kier alpha value is -3.02. The van der Waals surface area contributed by atoms with Crippen LogP contribution in [0.15, 0.2) is 36.4 Å². The van der Waals surface area contributed by atoms with Gasteiger partial charge < -0.3 is 20.5 Å². The Bertz CT molecular complexity index is 772. The average molecular weight is 328 g/mol. The van der Waals surface area contributed by atoms with E-state index in [-0.39, 0.29) is 11.5 Å². The van der Waals surface area contributed by atoms with E-state index in [2.05, 4.69) is 5.32 Å². The molecule has 6 heteroatoms. The minimum absolute atomic E-state index is 0.254. The number of rotatable bonds is 6. The Morgan fingerprint density at radius 3 is 2.25 bits per heavy atom. The molecule has 2 aromatic carbocycles. The number of aryl methyl sites for hydroxylation is 1. The number of para-hydroxylation sites is 1. The number of carbonyl (C=O) groups is 2. The summed E-state index contributed by atoms with van der Waals surface area (Å²) in [5, 5.41) is 2.74. The van der Waals surface area contributed by atoms with E-state index in [1.165, 1.54) is 7.11 Å². The summed E-state index contributed by atoms with van der Waals surface area (Å²) in [5.41, 5.74) is 7.22. The van der Waals surface area contributed by atoms with Gasteiger partial charge in [-0.05, 0) is 36.2 Å². The minimum atomic E-state index is -0.603. The molecule has 2 rings (SSSR count). The summed E-state index contributed by atoms with van der Waals surface area (Å²) in [6, 6.07) is 9.99. The Labute approximate surface area is 140 Å². The largest absolute Gasteiger partial charge is 0.493 e. The Balaban J connectivity index is 2.42. The predicted octanol–water partition coefficient (Wildman–Crippen LogP) is 2.62. The second-order valence-corrected chi connectivity index (χ2v) is 5.08. The van der Waals surface area contributed by atoms with E-state index in [0.29, 0.717) is 29.2 Å². The van der Waals surface area contributed by atoms with Crippen LogP contribution in [0, 0.1) is 0 Å². The first-order valence-corrected chi connectivity index (χ1v) is 7.46. The second kappa shape index (κ2) is 7.50. The highest BCUT2D eigenvalue weighted by Crippen LogP contribution is 2.31. The van der Waals surface area contributed by atoms with Crippen molar-refractivity contribution >= 4 is 17.5 Å². The summed E-state index contributed by atoms with van der Waals surface area (Å²) in [5.74, 6) is 0.0712. The normalized spacial score (nSPS) is 10.1. The van der Waals surface area contributed by atoms with Crippen molar-refractivity contribution in [2.24, 2.45) is 5.73 Å². The van der Waals surface area contributed by atoms with Gasteiger partial charge in [-0.1, -0.05) is 19.1 Å². The van der Waals surface area contributed by atoms with Gasteiger partial charge in [0.25, 0.3) is 11.8 Å². The number of primary amides is 1. The molecule has 0 aromatic heterocycles. The van der Waals surface area contributed by atoms with Crippen molar-refractivity contribution in [3.8, 4) is 11.5 Å². The molecule has 0 saturated carbocycles. The zero-order chi connectivity index (χ0) is 17.7. The number of carbonyl (C=O) groups excluding carboxylic acids is 2. The summed E-state index contributed by atoms with van der Waals surface area (Å²) >= 11 is 0. The zero-order valence-corrected chi connectivity index (χ0v) is 13.9. The first-order valence-electron chi connectivity index (χ1n) is 7.46. The maximum Gasteiger partial charge on any atom is 0.256 e. The van der Waals surface area contributed by atoms with Crippen molar-refractivity contribution < 1.29 is 19.1 Å². The Kier molecular flexibility index (Phi) is 5.42. The van der Waals surface area contributed by atoms with E-state index in [9.17, 15) is 9.59 Å². The number of anilines is 1. The van der Waals surface area contributed by atoms with Gasteiger partial charge in [0.05, 0.1) is 25.5 Å². The number of nitrogens with two attached hydrogens (primary N) is 1. The number of hydrogen-bond donors (Lipinski definition) is 2. The number of methoxy groups -OCH3 is 2. The molecule has 0 spiro atoms. The third kappa shape index (κ3) is 3.48. The van der Waals surface area contributed by atoms with Crippen LogP contribution in [0.3, 0.4) is 0 Å². The fraction of sp³-hybridized carbons (Fsp3) is 0.222. The topological polar surface area (TPSA) is 90.7 Å². The van der Waals surface area contributed by atoms with Crippen LogP contribution in [0.25, 0.3) is 0 Å². The summed E-state index contributed by atoms with van der Waals surface area (Å²) in [6.45, 7) is 1.94. The van der Waals surface area contributed by atoms with Gasteiger partial charge in [0.2, 0.25) is 0 Å². The van der Waals surface area contributed by atoms with E-state index in [4.69, 9.17) is 15.2 Å². The lowest BCUT2D eigenvalue weighted by Crippen LogP contribution is -2.19. The molecule has 3 N–H and O–H groups in total. The van der Waals surface area contributed by atoms with Gasteiger partial charge in [-0.15, -0.1) is 0 Å². The highest BCUT2D eigenvalue weighted by atomic mass is 16.5. The first kappa shape index (κ1) is 17.3. The maximum atomic E-state index is 12.7. The van der Waals surface area contributed by atoms with Gasteiger partial charge in [0.15, 0.2) is 11.5 Å². The zero-order valence-electron chi connectivity index (χ0n) is 13.9. The number of amides is 2. The lowest BCUT2D eigenvalue weighted by molar-refractivity contribution is 0.100. The lowest BCUT2D eigenvalue weighted by Gasteiger charge is -2.15. The van der Waals surface area contributed by atoms with Gasteiger partial charge in [0.1, 0.15) is 0 Å². The Morgan fingerprint density at radius 1 is 1.04 bits per heavy atom. The van der Waals surface area contributed by atoms with Crippen molar-refractivity contribution in [2.45, 2.75) is 13.3 Å². The molecule has 0 aliphatic heterocycles. The first-order chi connectivity index (χ1) is 11.5. The van der Waals surface area contributed by atoms with Crippen LogP contribution in [-0.4, -0.2) is 26.0 Å². The molecule has 0 aliphatic rings. The third-order valence-electron chi connectivity index (χ3n) is 3.68. The van der Waals surface area contributed by atoms with Gasteiger partial charge in [-0.3, -0.25) is 9.59 Å². The molecule has 0 heterocycles. The molecule has 0 radical (unpaired) electrons. The van der Waals surface area contributed by atoms with Crippen LogP contribution in [0.1, 0.15) is 33.2 Å². The fourth-order valence-electron chi connectivity index (χ4n) is 2.42. The van der Waals surface area contributed by atoms with Gasteiger partial charge in [0, 0.05) is 5.56 Å². The van der Waals surface area contributed by atoms with E-state index in [1.54, 1.807) is 43.5 Å². The highest BCUT2D eigenvalue weighted by molar-refractivity contribution is 6.09. The number of ether oxygens (including phenoxy) is 2. The molecule has 0 aliphatic carbocycles. The summed E-state index contributed by atoms with van der Waals surface area (Å²) in [4.78, 5) is 24.2. The van der Waals surface area contributed by atoms with Crippen molar-refractivity contribution in [2.75, 3.05) is 19.5 Å². The van der Waals surface area contributed by atoms with Gasteiger partial charge in [-0.25, -0.2) is 0 Å². The van der Waals surface area contributed by atoms with Crippen molar-refractivity contribution in [3.63, 3.8) is 0 Å². The summed E-state index contributed by atoms with van der Waals surface area (Å²) < 4.78 is 10.5. The minimum Gasteiger partial charge on any atom is -0.493 e. The van der Waals surface area contributed by atoms with Crippen LogP contribution < -0.4 is 20.5 Å². The average Bonchev–Trinajstić information content (AvgIpc) is 2.60. The molecular formula is C18H20N2O4. The molecule has 2 aromatic rings. The fourth-order valence-corrected chi connectivity index (χ4v) is 2.42.